The third kappa shape index (κ3) is 1.95. The van der Waals surface area contributed by atoms with Gasteiger partial charge < -0.3 is 5.73 Å². The van der Waals surface area contributed by atoms with Crippen molar-refractivity contribution in [2.75, 3.05) is 6.54 Å². The fraction of sp³-hybridized carbons (Fsp3) is 0.143. The van der Waals surface area contributed by atoms with Crippen LogP contribution in [0.25, 0.3) is 6.08 Å². The Morgan fingerprint density at radius 2 is 2.40 bits per heavy atom. The zero-order chi connectivity index (χ0) is 7.23. The van der Waals surface area contributed by atoms with Gasteiger partial charge in [-0.1, -0.05) is 6.08 Å². The molecule has 1 heterocycles. The van der Waals surface area contributed by atoms with Crippen LogP contribution < -0.4 is 5.73 Å². The lowest BCUT2D eigenvalue weighted by molar-refractivity contribution is 1.17. The van der Waals surface area contributed by atoms with Gasteiger partial charge in [0.05, 0.1) is 11.9 Å². The van der Waals surface area contributed by atoms with Crippen molar-refractivity contribution < 1.29 is 0 Å². The van der Waals surface area contributed by atoms with Crippen LogP contribution in [-0.2, 0) is 0 Å². The molecular formula is C7H9N3. The van der Waals surface area contributed by atoms with Crippen molar-refractivity contribution in [2.24, 2.45) is 5.73 Å². The van der Waals surface area contributed by atoms with Crippen LogP contribution in [0, 0.1) is 0 Å². The summed E-state index contributed by atoms with van der Waals surface area (Å²) in [4.78, 5) is 7.89. The Bertz CT molecular complexity index is 205. The van der Waals surface area contributed by atoms with E-state index in [1.807, 2.05) is 12.2 Å². The van der Waals surface area contributed by atoms with Crippen LogP contribution in [0.1, 0.15) is 5.69 Å². The minimum atomic E-state index is 0.538. The molecule has 0 amide bonds. The SMILES string of the molecule is NCC=Cc1cnccn1. The van der Waals surface area contributed by atoms with E-state index in [2.05, 4.69) is 9.97 Å². The van der Waals surface area contributed by atoms with Crippen molar-refractivity contribution in [3.05, 3.63) is 30.4 Å². The number of nitrogens with two attached hydrogens (primary N) is 1. The molecule has 0 saturated carbocycles. The lowest BCUT2D eigenvalue weighted by atomic mass is 10.4. The molecule has 0 fully saturated rings. The second kappa shape index (κ2) is 3.74. The number of rotatable bonds is 2. The topological polar surface area (TPSA) is 51.8 Å². The van der Waals surface area contributed by atoms with E-state index in [1.54, 1.807) is 18.6 Å². The van der Waals surface area contributed by atoms with Gasteiger partial charge in [0.2, 0.25) is 0 Å². The molecule has 1 rings (SSSR count). The quantitative estimate of drug-likeness (QED) is 0.640. The second-order valence-corrected chi connectivity index (χ2v) is 1.77. The highest BCUT2D eigenvalue weighted by Crippen LogP contribution is 1.91. The molecule has 3 nitrogen and oxygen atoms in total. The highest BCUT2D eigenvalue weighted by atomic mass is 14.8. The molecule has 10 heavy (non-hydrogen) atoms. The number of hydrogen-bond donors (Lipinski definition) is 1. The summed E-state index contributed by atoms with van der Waals surface area (Å²) in [5, 5.41) is 0. The first-order valence-corrected chi connectivity index (χ1v) is 3.06. The summed E-state index contributed by atoms with van der Waals surface area (Å²) >= 11 is 0. The van der Waals surface area contributed by atoms with Crippen LogP contribution in [0.5, 0.6) is 0 Å². The van der Waals surface area contributed by atoms with Gasteiger partial charge in [-0.2, -0.15) is 0 Å². The van der Waals surface area contributed by atoms with E-state index in [4.69, 9.17) is 5.73 Å². The zero-order valence-electron chi connectivity index (χ0n) is 5.57. The third-order valence-electron chi connectivity index (χ3n) is 1.01. The molecule has 0 aliphatic rings. The number of nitrogens with zero attached hydrogens (tertiary/aromatic N) is 2. The number of aromatic nitrogens is 2. The monoisotopic (exact) mass is 135 g/mol. The number of hydrogen-bond acceptors (Lipinski definition) is 3. The summed E-state index contributed by atoms with van der Waals surface area (Å²) in [6.45, 7) is 0.538. The van der Waals surface area contributed by atoms with Crippen molar-refractivity contribution in [1.29, 1.82) is 0 Å². The minimum absolute atomic E-state index is 0.538. The molecular weight excluding hydrogens is 126 g/mol. The van der Waals surface area contributed by atoms with Crippen LogP contribution in [0.15, 0.2) is 24.7 Å². The third-order valence-corrected chi connectivity index (χ3v) is 1.01. The molecule has 0 bridgehead atoms. The van der Waals surface area contributed by atoms with E-state index in [0.717, 1.165) is 5.69 Å². The van der Waals surface area contributed by atoms with Gasteiger partial charge in [-0.15, -0.1) is 0 Å². The van der Waals surface area contributed by atoms with Crippen LogP contribution in [0.2, 0.25) is 0 Å². The largest absolute Gasteiger partial charge is 0.327 e. The normalized spacial score (nSPS) is 10.5. The fourth-order valence-corrected chi connectivity index (χ4v) is 0.585. The smallest absolute Gasteiger partial charge is 0.0810 e. The van der Waals surface area contributed by atoms with Gasteiger partial charge in [-0.25, -0.2) is 0 Å². The lowest BCUT2D eigenvalue weighted by Gasteiger charge is -1.86. The van der Waals surface area contributed by atoms with Crippen molar-refractivity contribution in [3.8, 4) is 0 Å². The Morgan fingerprint density at radius 3 is 3.00 bits per heavy atom. The van der Waals surface area contributed by atoms with Crippen molar-refractivity contribution >= 4 is 6.08 Å². The molecule has 0 unspecified atom stereocenters. The highest BCUT2D eigenvalue weighted by molar-refractivity contribution is 5.42. The molecule has 1 aromatic heterocycles. The Hall–Kier alpha value is -1.22. The van der Waals surface area contributed by atoms with Gasteiger partial charge >= 0.3 is 0 Å². The summed E-state index contributed by atoms with van der Waals surface area (Å²) in [7, 11) is 0. The Kier molecular flexibility index (Phi) is 2.58. The molecule has 0 aliphatic heterocycles. The van der Waals surface area contributed by atoms with E-state index in [9.17, 15) is 0 Å². The molecule has 1 aromatic rings. The van der Waals surface area contributed by atoms with Crippen molar-refractivity contribution in [3.63, 3.8) is 0 Å². The lowest BCUT2D eigenvalue weighted by Crippen LogP contribution is -1.92. The van der Waals surface area contributed by atoms with Gasteiger partial charge in [0.1, 0.15) is 0 Å². The molecule has 2 N–H and O–H groups in total. The first-order chi connectivity index (χ1) is 4.93. The van der Waals surface area contributed by atoms with Crippen LogP contribution in [0.4, 0.5) is 0 Å². The van der Waals surface area contributed by atoms with Gasteiger partial charge in [0.25, 0.3) is 0 Å². The molecule has 0 atom stereocenters. The molecule has 0 radical (unpaired) electrons. The average Bonchev–Trinajstić information content (AvgIpc) is 2.03. The Balaban J connectivity index is 2.67. The van der Waals surface area contributed by atoms with Crippen molar-refractivity contribution in [2.45, 2.75) is 0 Å². The maximum Gasteiger partial charge on any atom is 0.0810 e. The first kappa shape index (κ1) is 6.89. The van der Waals surface area contributed by atoms with E-state index < -0.39 is 0 Å². The van der Waals surface area contributed by atoms with E-state index in [0.29, 0.717) is 6.54 Å². The van der Waals surface area contributed by atoms with Gasteiger partial charge in [0.15, 0.2) is 0 Å². The summed E-state index contributed by atoms with van der Waals surface area (Å²) in [6.07, 6.45) is 8.65. The van der Waals surface area contributed by atoms with E-state index in [1.165, 1.54) is 0 Å². The zero-order valence-corrected chi connectivity index (χ0v) is 5.57. The predicted octanol–water partition coefficient (Wildman–Crippen LogP) is 0.448. The Morgan fingerprint density at radius 1 is 1.50 bits per heavy atom. The predicted molar refractivity (Wildman–Crippen MR) is 40.1 cm³/mol. The van der Waals surface area contributed by atoms with Gasteiger partial charge in [-0.3, -0.25) is 9.97 Å². The van der Waals surface area contributed by atoms with E-state index in [-0.39, 0.29) is 0 Å². The summed E-state index contributed by atoms with van der Waals surface area (Å²) in [6, 6.07) is 0. The molecule has 3 heteroatoms. The summed E-state index contributed by atoms with van der Waals surface area (Å²) in [5.74, 6) is 0. The maximum absolute atomic E-state index is 5.24. The standard InChI is InChI=1S/C7H9N3/c8-3-1-2-7-6-9-4-5-10-7/h1-2,4-6H,3,8H2. The Labute approximate surface area is 59.6 Å². The van der Waals surface area contributed by atoms with Crippen LogP contribution in [-0.4, -0.2) is 16.5 Å². The first-order valence-electron chi connectivity index (χ1n) is 3.06. The maximum atomic E-state index is 5.24. The van der Waals surface area contributed by atoms with Crippen LogP contribution in [0.3, 0.4) is 0 Å². The molecule has 0 aliphatic carbocycles. The van der Waals surface area contributed by atoms with Gasteiger partial charge in [0, 0.05) is 18.9 Å². The van der Waals surface area contributed by atoms with E-state index >= 15 is 0 Å². The molecule has 52 valence electrons. The second-order valence-electron chi connectivity index (χ2n) is 1.77. The fourth-order valence-electron chi connectivity index (χ4n) is 0.585. The summed E-state index contributed by atoms with van der Waals surface area (Å²) < 4.78 is 0. The molecule has 0 aromatic carbocycles. The minimum Gasteiger partial charge on any atom is -0.327 e. The summed E-state index contributed by atoms with van der Waals surface area (Å²) in [5.41, 5.74) is 6.08. The highest BCUT2D eigenvalue weighted by Gasteiger charge is 1.81. The van der Waals surface area contributed by atoms with Gasteiger partial charge in [-0.05, 0) is 6.08 Å². The molecule has 0 spiro atoms. The molecule has 0 saturated heterocycles. The van der Waals surface area contributed by atoms with Crippen molar-refractivity contribution in [1.82, 2.24) is 9.97 Å². The van der Waals surface area contributed by atoms with Crippen LogP contribution >= 0.6 is 0 Å². The average molecular weight is 135 g/mol.